The van der Waals surface area contributed by atoms with Crippen molar-refractivity contribution < 1.29 is 0 Å². The molecule has 0 radical (unpaired) electrons. The zero-order valence-corrected chi connectivity index (χ0v) is 34.5. The second-order valence-electron chi connectivity index (χ2n) is 10.7. The molecular weight excluding hydrogens is 641 g/mol. The minimum absolute atomic E-state index is 0.689. The van der Waals surface area contributed by atoms with E-state index in [-0.39, 0.29) is 0 Å². The van der Waals surface area contributed by atoms with Crippen molar-refractivity contribution in [1.29, 1.82) is 0 Å². The molecule has 0 aliphatic heterocycles. The number of hydrogen-bond acceptors (Lipinski definition) is 2. The van der Waals surface area contributed by atoms with Crippen LogP contribution in [0, 0.1) is 6.92 Å². The van der Waals surface area contributed by atoms with Crippen LogP contribution in [0.5, 0.6) is 0 Å². The van der Waals surface area contributed by atoms with Gasteiger partial charge in [0.15, 0.2) is 0 Å². The van der Waals surface area contributed by atoms with E-state index in [1.54, 1.807) is 12.2 Å². The van der Waals surface area contributed by atoms with Crippen LogP contribution in [0.25, 0.3) is 44.8 Å². The molecule has 278 valence electrons. The summed E-state index contributed by atoms with van der Waals surface area (Å²) in [7, 11) is 0. The van der Waals surface area contributed by atoms with Crippen molar-refractivity contribution in [2.75, 3.05) is 0 Å². The summed E-state index contributed by atoms with van der Waals surface area (Å²) >= 11 is 0. The lowest BCUT2D eigenvalue weighted by Gasteiger charge is -2.14. The second kappa shape index (κ2) is 28.0. The van der Waals surface area contributed by atoms with Crippen molar-refractivity contribution in [2.45, 2.75) is 76.2 Å². The van der Waals surface area contributed by atoms with Crippen LogP contribution in [0.3, 0.4) is 0 Å². The zero-order chi connectivity index (χ0) is 40.2. The highest BCUT2D eigenvalue weighted by Gasteiger charge is 2.14. The number of aryl methyl sites for hydroxylation is 1. The summed E-state index contributed by atoms with van der Waals surface area (Å²) in [6.07, 6.45) is 31.8. The van der Waals surface area contributed by atoms with Gasteiger partial charge in [0.25, 0.3) is 0 Å². The van der Waals surface area contributed by atoms with Crippen LogP contribution >= 0.6 is 0 Å². The molecule has 2 heteroatoms. The number of hydrogen-bond donors (Lipinski definition) is 0. The minimum Gasteiger partial charge on any atom is -0.233 e. The fourth-order valence-corrected chi connectivity index (χ4v) is 5.11. The lowest BCUT2D eigenvalue weighted by atomic mass is 9.92. The third-order valence-electron chi connectivity index (χ3n) is 7.45. The Balaban J connectivity index is 0.00000428. The maximum Gasteiger partial charge on any atom is 0.126 e. The van der Waals surface area contributed by atoms with Crippen LogP contribution in [-0.2, 0) is 0 Å². The molecule has 0 aliphatic carbocycles. The van der Waals surface area contributed by atoms with Crippen LogP contribution in [0.1, 0.15) is 97.3 Å². The molecule has 2 aromatic carbocycles. The van der Waals surface area contributed by atoms with Gasteiger partial charge in [-0.1, -0.05) is 165 Å². The van der Waals surface area contributed by atoms with E-state index in [2.05, 4.69) is 105 Å². The first-order valence-corrected chi connectivity index (χ1v) is 18.9. The van der Waals surface area contributed by atoms with Crippen LogP contribution in [0.2, 0.25) is 0 Å². The molecule has 1 aromatic heterocycles. The molecule has 0 spiro atoms. The molecule has 1 heterocycles. The number of rotatable bonds is 14. The number of benzene rings is 2. The maximum absolute atomic E-state index is 4.94. The zero-order valence-electron chi connectivity index (χ0n) is 34.5. The van der Waals surface area contributed by atoms with Crippen molar-refractivity contribution in [3.8, 4) is 22.5 Å². The Kier molecular flexibility index (Phi) is 25.1. The van der Waals surface area contributed by atoms with Gasteiger partial charge in [0, 0.05) is 11.1 Å². The molecule has 0 fully saturated rings. The highest BCUT2D eigenvalue weighted by atomic mass is 14.9. The molecule has 0 saturated heterocycles. The Bertz CT molecular complexity index is 1740. The standard InChI is InChI=1S/C45H46N2.3C2H6/c1-10-18-22-34(14-5)38-26-39(35(15-6)23-19-11-2)29-42(28-38)44-32-45(47-33(9)46-44)43-30-40(36(16-7)24-20-12-3)27-41(31-43)37(17-8)25-21-13-4;3*1-2/h10-32H,1,3,6,8H2,2,4-5,7,9H3;3*1-2H3/b19-11-,21-13-,22-18-,24-20-,34-14+,35-23+,36-16+,37-25+;;;. The van der Waals surface area contributed by atoms with Gasteiger partial charge in [-0.05, 0) is 122 Å². The van der Waals surface area contributed by atoms with E-state index in [9.17, 15) is 0 Å². The van der Waals surface area contributed by atoms with E-state index in [1.165, 1.54) is 0 Å². The largest absolute Gasteiger partial charge is 0.233 e. The lowest BCUT2D eigenvalue weighted by Crippen LogP contribution is -1.98. The third-order valence-corrected chi connectivity index (χ3v) is 7.45. The molecule has 0 bridgehead atoms. The van der Waals surface area contributed by atoms with Crippen LogP contribution in [0.4, 0.5) is 0 Å². The summed E-state index contributed by atoms with van der Waals surface area (Å²) in [5.74, 6) is 0.689. The minimum atomic E-state index is 0.689. The molecule has 53 heavy (non-hydrogen) atoms. The molecule has 0 saturated carbocycles. The molecule has 0 N–H and O–H groups in total. The first-order valence-electron chi connectivity index (χ1n) is 18.9. The number of allylic oxidation sites excluding steroid dienone is 20. The Morgan fingerprint density at radius 3 is 1.09 bits per heavy atom. The first kappa shape index (κ1) is 47.4. The maximum atomic E-state index is 4.94. The van der Waals surface area contributed by atoms with E-state index in [0.29, 0.717) is 5.82 Å². The van der Waals surface area contributed by atoms with Crippen molar-refractivity contribution in [3.63, 3.8) is 0 Å². The highest BCUT2D eigenvalue weighted by Crippen LogP contribution is 2.33. The molecule has 2 nitrogen and oxygen atoms in total. The fraction of sp³-hybridized carbons (Fsp3) is 0.216. The number of aromatic nitrogens is 2. The molecule has 0 unspecified atom stereocenters. The van der Waals surface area contributed by atoms with Crippen molar-refractivity contribution in [2.24, 2.45) is 0 Å². The summed E-state index contributed by atoms with van der Waals surface area (Å²) in [5.41, 5.74) is 12.1. The van der Waals surface area contributed by atoms with Crippen LogP contribution in [-0.4, -0.2) is 9.97 Å². The molecule has 0 atom stereocenters. The van der Waals surface area contributed by atoms with Gasteiger partial charge in [-0.3, -0.25) is 0 Å². The monoisotopic (exact) mass is 705 g/mol. The van der Waals surface area contributed by atoms with Crippen molar-refractivity contribution in [3.05, 3.63) is 194 Å². The van der Waals surface area contributed by atoms with Gasteiger partial charge in [-0.15, -0.1) is 0 Å². The van der Waals surface area contributed by atoms with Crippen LogP contribution < -0.4 is 0 Å². The SMILES string of the molecule is C=C/C=C\C(=C/C)c1cc(/C(C=C)=C/C=C\C)cc(-c2cc(-c3cc(/C(C=C)=C/C=C\C)cc(C(/C=C\C=C)=C/C)c3)nc(C)n2)c1.CC.CC.CC. The smallest absolute Gasteiger partial charge is 0.126 e. The average Bonchev–Trinajstić information content (AvgIpc) is 3.21. The Morgan fingerprint density at radius 1 is 0.472 bits per heavy atom. The Labute approximate surface area is 324 Å². The third kappa shape index (κ3) is 14.9. The summed E-state index contributed by atoms with van der Waals surface area (Å²) < 4.78 is 0. The van der Waals surface area contributed by atoms with Gasteiger partial charge in [0.1, 0.15) is 5.82 Å². The summed E-state index contributed by atoms with van der Waals surface area (Å²) in [6.45, 7) is 38.0. The van der Waals surface area contributed by atoms with Crippen LogP contribution in [0.15, 0.2) is 166 Å². The fourth-order valence-electron chi connectivity index (χ4n) is 5.11. The van der Waals surface area contributed by atoms with Gasteiger partial charge < -0.3 is 0 Å². The van der Waals surface area contributed by atoms with Gasteiger partial charge in [-0.25, -0.2) is 9.97 Å². The van der Waals surface area contributed by atoms with Gasteiger partial charge >= 0.3 is 0 Å². The molecule has 3 aromatic rings. The summed E-state index contributed by atoms with van der Waals surface area (Å²) in [4.78, 5) is 9.88. The van der Waals surface area contributed by atoms with E-state index in [1.807, 2.05) is 125 Å². The quantitative estimate of drug-likeness (QED) is 0.156. The van der Waals surface area contributed by atoms with Crippen molar-refractivity contribution >= 4 is 22.3 Å². The average molecular weight is 705 g/mol. The molecule has 0 aliphatic rings. The van der Waals surface area contributed by atoms with E-state index in [4.69, 9.17) is 9.97 Å². The van der Waals surface area contributed by atoms with E-state index < -0.39 is 0 Å². The normalized spacial score (nSPS) is 12.1. The van der Waals surface area contributed by atoms with E-state index >= 15 is 0 Å². The van der Waals surface area contributed by atoms with E-state index in [0.717, 1.165) is 67.1 Å². The first-order chi connectivity index (χ1) is 25.8. The topological polar surface area (TPSA) is 25.8 Å². The number of nitrogens with zero attached hydrogens (tertiary/aromatic N) is 2. The summed E-state index contributed by atoms with van der Waals surface area (Å²) in [5, 5.41) is 0. The van der Waals surface area contributed by atoms with Gasteiger partial charge in [-0.2, -0.15) is 0 Å². The second-order valence-corrected chi connectivity index (χ2v) is 10.7. The lowest BCUT2D eigenvalue weighted by molar-refractivity contribution is 1.06. The summed E-state index contributed by atoms with van der Waals surface area (Å²) in [6, 6.07) is 15.2. The predicted octanol–water partition coefficient (Wildman–Crippen LogP) is 15.8. The van der Waals surface area contributed by atoms with Gasteiger partial charge in [0.2, 0.25) is 0 Å². The predicted molar refractivity (Wildman–Crippen MR) is 244 cm³/mol. The van der Waals surface area contributed by atoms with Gasteiger partial charge in [0.05, 0.1) is 11.4 Å². The Morgan fingerprint density at radius 2 is 0.811 bits per heavy atom. The molecule has 0 amide bonds. The highest BCUT2D eigenvalue weighted by molar-refractivity contribution is 5.86. The van der Waals surface area contributed by atoms with Crippen molar-refractivity contribution in [1.82, 2.24) is 9.97 Å². The molecule has 3 rings (SSSR count). The molecular formula is C51H64N2. The Hall–Kier alpha value is -5.60.